The molecule has 0 aliphatic rings. The van der Waals surface area contributed by atoms with Crippen LogP contribution in [0.15, 0.2) is 0 Å². The predicted molar refractivity (Wildman–Crippen MR) is 74.0 cm³/mol. The lowest BCUT2D eigenvalue weighted by atomic mass is 10.3. The lowest BCUT2D eigenvalue weighted by Crippen LogP contribution is -2.28. The number of ether oxygens (including phenoxy) is 2. The van der Waals surface area contributed by atoms with E-state index in [0.717, 1.165) is 26.1 Å². The molecule has 0 spiro atoms. The van der Waals surface area contributed by atoms with Crippen molar-refractivity contribution in [2.75, 3.05) is 39.5 Å². The molecular weight excluding hydrogens is 230 g/mol. The average molecular weight is 261 g/mol. The van der Waals surface area contributed by atoms with Crippen LogP contribution in [0.2, 0.25) is 0 Å². The van der Waals surface area contributed by atoms with E-state index in [2.05, 4.69) is 13.8 Å². The maximum atomic E-state index is 9.53. The summed E-state index contributed by atoms with van der Waals surface area (Å²) < 4.78 is 10.8. The number of hydroxylamine groups is 2. The molecule has 0 atom stereocenters. The molecule has 0 bridgehead atoms. The van der Waals surface area contributed by atoms with Gasteiger partial charge in [-0.1, -0.05) is 39.5 Å². The van der Waals surface area contributed by atoms with E-state index in [9.17, 15) is 5.21 Å². The maximum absolute atomic E-state index is 9.53. The second-order valence-corrected chi connectivity index (χ2v) is 4.59. The van der Waals surface area contributed by atoms with E-state index >= 15 is 0 Å². The molecule has 0 aliphatic carbocycles. The molecular formula is C14H31NO3. The maximum Gasteiger partial charge on any atom is 0.0616 e. The van der Waals surface area contributed by atoms with Gasteiger partial charge in [-0.15, -0.1) is 0 Å². The summed E-state index contributed by atoms with van der Waals surface area (Å²) in [6, 6.07) is 0. The van der Waals surface area contributed by atoms with Crippen molar-refractivity contribution < 1.29 is 14.7 Å². The fraction of sp³-hybridized carbons (Fsp3) is 1.00. The van der Waals surface area contributed by atoms with Crippen molar-refractivity contribution in [2.45, 2.75) is 52.4 Å². The third-order valence-corrected chi connectivity index (χ3v) is 2.77. The SMILES string of the molecule is CCCCCOCCN(O)CCOCCCCC. The monoisotopic (exact) mass is 261 g/mol. The van der Waals surface area contributed by atoms with Crippen LogP contribution in [0, 0.1) is 0 Å². The van der Waals surface area contributed by atoms with Crippen LogP contribution in [0.1, 0.15) is 52.4 Å². The standard InChI is InChI=1S/C14H31NO3/c1-3-5-7-11-17-13-9-15(16)10-14-18-12-8-6-4-2/h16H,3-14H2,1-2H3. The van der Waals surface area contributed by atoms with Crippen LogP contribution in [0.25, 0.3) is 0 Å². The smallest absolute Gasteiger partial charge is 0.0616 e. The average Bonchev–Trinajstić information content (AvgIpc) is 2.38. The van der Waals surface area contributed by atoms with Crippen molar-refractivity contribution in [3.63, 3.8) is 0 Å². The molecule has 0 rings (SSSR count). The highest BCUT2D eigenvalue weighted by Gasteiger charge is 2.00. The van der Waals surface area contributed by atoms with E-state index < -0.39 is 0 Å². The summed E-state index contributed by atoms with van der Waals surface area (Å²) in [5.41, 5.74) is 0. The number of hydrogen-bond donors (Lipinski definition) is 1. The van der Waals surface area contributed by atoms with Gasteiger partial charge >= 0.3 is 0 Å². The topological polar surface area (TPSA) is 41.9 Å². The third kappa shape index (κ3) is 13.9. The number of hydrogen-bond acceptors (Lipinski definition) is 4. The Balaban J connectivity index is 3.10. The Labute approximate surface area is 112 Å². The molecule has 18 heavy (non-hydrogen) atoms. The van der Waals surface area contributed by atoms with Gasteiger partial charge in [0.25, 0.3) is 0 Å². The van der Waals surface area contributed by atoms with Crippen molar-refractivity contribution in [3.8, 4) is 0 Å². The molecule has 0 aromatic rings. The first-order chi connectivity index (χ1) is 8.81. The van der Waals surface area contributed by atoms with Gasteiger partial charge in [0, 0.05) is 26.3 Å². The molecule has 0 radical (unpaired) electrons. The lowest BCUT2D eigenvalue weighted by molar-refractivity contribution is -0.115. The minimum absolute atomic E-state index is 0.560. The van der Waals surface area contributed by atoms with E-state index in [1.54, 1.807) is 0 Å². The molecule has 0 heterocycles. The van der Waals surface area contributed by atoms with Crippen molar-refractivity contribution in [2.24, 2.45) is 0 Å². The molecule has 0 amide bonds. The molecule has 0 saturated carbocycles. The molecule has 0 saturated heterocycles. The zero-order valence-corrected chi connectivity index (χ0v) is 12.2. The predicted octanol–water partition coefficient (Wildman–Crippen LogP) is 3.09. The van der Waals surface area contributed by atoms with Gasteiger partial charge in [0.05, 0.1) is 13.2 Å². The normalized spacial score (nSPS) is 11.3. The van der Waals surface area contributed by atoms with E-state index in [0.29, 0.717) is 26.3 Å². The Kier molecular flexibility index (Phi) is 14.8. The van der Waals surface area contributed by atoms with Crippen molar-refractivity contribution in [3.05, 3.63) is 0 Å². The largest absolute Gasteiger partial charge is 0.380 e. The minimum Gasteiger partial charge on any atom is -0.380 e. The molecule has 1 N–H and O–H groups in total. The second kappa shape index (κ2) is 14.9. The third-order valence-electron chi connectivity index (χ3n) is 2.77. The number of nitrogens with zero attached hydrogens (tertiary/aromatic N) is 1. The Morgan fingerprint density at radius 2 is 1.17 bits per heavy atom. The van der Waals surface area contributed by atoms with Crippen LogP contribution in [-0.2, 0) is 9.47 Å². The Morgan fingerprint density at radius 1 is 0.722 bits per heavy atom. The van der Waals surface area contributed by atoms with Gasteiger partial charge in [-0.25, -0.2) is 0 Å². The van der Waals surface area contributed by atoms with Crippen LogP contribution in [-0.4, -0.2) is 49.8 Å². The van der Waals surface area contributed by atoms with Gasteiger partial charge in [-0.3, -0.25) is 0 Å². The summed E-state index contributed by atoms with van der Waals surface area (Å²) in [5, 5.41) is 10.8. The molecule has 4 heteroatoms. The summed E-state index contributed by atoms with van der Waals surface area (Å²) in [6.45, 7) is 8.26. The highest BCUT2D eigenvalue weighted by molar-refractivity contribution is 4.45. The molecule has 110 valence electrons. The van der Waals surface area contributed by atoms with Gasteiger partial charge < -0.3 is 14.7 Å². The van der Waals surface area contributed by atoms with Gasteiger partial charge in [0.1, 0.15) is 0 Å². The Morgan fingerprint density at radius 3 is 1.56 bits per heavy atom. The quantitative estimate of drug-likeness (QED) is 0.385. The summed E-state index contributed by atoms with van der Waals surface area (Å²) in [6.07, 6.45) is 7.09. The molecule has 0 fully saturated rings. The van der Waals surface area contributed by atoms with Crippen LogP contribution >= 0.6 is 0 Å². The summed E-state index contributed by atoms with van der Waals surface area (Å²) >= 11 is 0. The van der Waals surface area contributed by atoms with Crippen molar-refractivity contribution in [1.29, 1.82) is 0 Å². The number of rotatable bonds is 14. The fourth-order valence-corrected chi connectivity index (χ4v) is 1.56. The van der Waals surface area contributed by atoms with Crippen molar-refractivity contribution in [1.82, 2.24) is 5.06 Å². The van der Waals surface area contributed by atoms with E-state index in [-0.39, 0.29) is 0 Å². The summed E-state index contributed by atoms with van der Waals surface area (Å²) in [5.74, 6) is 0. The first-order valence-electron chi connectivity index (χ1n) is 7.40. The van der Waals surface area contributed by atoms with E-state index in [4.69, 9.17) is 9.47 Å². The van der Waals surface area contributed by atoms with Crippen molar-refractivity contribution >= 4 is 0 Å². The highest BCUT2D eigenvalue weighted by Crippen LogP contribution is 1.95. The zero-order chi connectivity index (χ0) is 13.5. The summed E-state index contributed by atoms with van der Waals surface area (Å²) in [4.78, 5) is 0. The Hall–Kier alpha value is -0.160. The molecule has 0 unspecified atom stereocenters. The summed E-state index contributed by atoms with van der Waals surface area (Å²) in [7, 11) is 0. The minimum atomic E-state index is 0.560. The van der Waals surface area contributed by atoms with E-state index in [1.165, 1.54) is 30.7 Å². The van der Waals surface area contributed by atoms with Crippen LogP contribution < -0.4 is 0 Å². The Bertz CT molecular complexity index is 140. The number of unbranched alkanes of at least 4 members (excludes halogenated alkanes) is 4. The lowest BCUT2D eigenvalue weighted by Gasteiger charge is -2.14. The zero-order valence-electron chi connectivity index (χ0n) is 12.2. The molecule has 0 aromatic heterocycles. The van der Waals surface area contributed by atoms with E-state index in [1.807, 2.05) is 0 Å². The van der Waals surface area contributed by atoms with Crippen LogP contribution in [0.4, 0.5) is 0 Å². The fourth-order valence-electron chi connectivity index (χ4n) is 1.56. The molecule has 4 nitrogen and oxygen atoms in total. The second-order valence-electron chi connectivity index (χ2n) is 4.59. The van der Waals surface area contributed by atoms with Crippen LogP contribution in [0.3, 0.4) is 0 Å². The first kappa shape index (κ1) is 17.8. The first-order valence-corrected chi connectivity index (χ1v) is 7.40. The molecule has 0 aliphatic heterocycles. The van der Waals surface area contributed by atoms with Gasteiger partial charge in [-0.05, 0) is 12.8 Å². The van der Waals surface area contributed by atoms with Gasteiger partial charge in [-0.2, -0.15) is 5.06 Å². The highest BCUT2D eigenvalue weighted by atomic mass is 16.5. The van der Waals surface area contributed by atoms with Gasteiger partial charge in [0.2, 0.25) is 0 Å². The van der Waals surface area contributed by atoms with Crippen LogP contribution in [0.5, 0.6) is 0 Å². The molecule has 0 aromatic carbocycles. The van der Waals surface area contributed by atoms with Gasteiger partial charge in [0.15, 0.2) is 0 Å².